The summed E-state index contributed by atoms with van der Waals surface area (Å²) in [7, 11) is 1.57. The van der Waals surface area contributed by atoms with Crippen LogP contribution >= 0.6 is 0 Å². The number of nitrogens with two attached hydrogens (primary N) is 1. The van der Waals surface area contributed by atoms with E-state index in [9.17, 15) is 9.59 Å². The highest BCUT2D eigenvalue weighted by Crippen LogP contribution is 2.12. The van der Waals surface area contributed by atoms with Gasteiger partial charge in [-0.15, -0.1) is 0 Å². The van der Waals surface area contributed by atoms with Crippen LogP contribution in [0.5, 0.6) is 5.75 Å². The van der Waals surface area contributed by atoms with E-state index < -0.39 is 18.0 Å². The van der Waals surface area contributed by atoms with Gasteiger partial charge in [-0.25, -0.2) is 0 Å². The van der Waals surface area contributed by atoms with Gasteiger partial charge in [0.1, 0.15) is 5.75 Å². The smallest absolute Gasteiger partial charge is 0.311 e. The first-order chi connectivity index (χ1) is 8.02. The van der Waals surface area contributed by atoms with Gasteiger partial charge in [0.25, 0.3) is 5.91 Å². The van der Waals surface area contributed by atoms with Crippen LogP contribution in [-0.4, -0.2) is 25.1 Å². The molecule has 0 aromatic heterocycles. The fraction of sp³-hybridized carbons (Fsp3) is 0.333. The van der Waals surface area contributed by atoms with Crippen molar-refractivity contribution in [3.63, 3.8) is 0 Å². The van der Waals surface area contributed by atoms with Crippen molar-refractivity contribution in [1.82, 2.24) is 0 Å². The maximum absolute atomic E-state index is 11.4. The fourth-order valence-corrected chi connectivity index (χ4v) is 1.21. The van der Waals surface area contributed by atoms with Crippen LogP contribution in [-0.2, 0) is 20.7 Å². The highest BCUT2D eigenvalue weighted by atomic mass is 16.5. The van der Waals surface area contributed by atoms with Crippen LogP contribution in [0.2, 0.25) is 0 Å². The third-order valence-electron chi connectivity index (χ3n) is 2.22. The van der Waals surface area contributed by atoms with E-state index >= 15 is 0 Å². The molecule has 5 nitrogen and oxygen atoms in total. The zero-order chi connectivity index (χ0) is 12.8. The first-order valence-electron chi connectivity index (χ1n) is 5.14. The van der Waals surface area contributed by atoms with E-state index in [-0.39, 0.29) is 6.42 Å². The molecule has 2 N–H and O–H groups in total. The summed E-state index contributed by atoms with van der Waals surface area (Å²) in [5.41, 5.74) is 5.77. The number of primary amides is 1. The summed E-state index contributed by atoms with van der Waals surface area (Å²) in [5.74, 6) is -0.429. The predicted octanol–water partition coefficient (Wildman–Crippen LogP) is 0.655. The summed E-state index contributed by atoms with van der Waals surface area (Å²) in [6.45, 7) is 1.44. The molecule has 0 spiro atoms. The number of ether oxygens (including phenoxy) is 2. The minimum Gasteiger partial charge on any atom is -0.497 e. The molecule has 1 rings (SSSR count). The molecule has 0 unspecified atom stereocenters. The molecule has 0 aliphatic rings. The van der Waals surface area contributed by atoms with Gasteiger partial charge in [-0.1, -0.05) is 12.1 Å². The fourth-order valence-electron chi connectivity index (χ4n) is 1.21. The lowest BCUT2D eigenvalue weighted by molar-refractivity contribution is -0.153. The molecular formula is C12H15NO4. The zero-order valence-electron chi connectivity index (χ0n) is 9.80. The number of rotatable bonds is 5. The number of methoxy groups -OCH3 is 1. The van der Waals surface area contributed by atoms with Crippen LogP contribution in [0.3, 0.4) is 0 Å². The Bertz CT molecular complexity index is 399. The van der Waals surface area contributed by atoms with Crippen LogP contribution in [0.1, 0.15) is 12.5 Å². The standard InChI is InChI=1S/C12H15NO4/c1-8(12(13)15)17-11(14)7-9-3-5-10(16-2)6-4-9/h3-6,8H,7H2,1-2H3,(H2,13,15)/t8-/m0/s1. The van der Waals surface area contributed by atoms with Crippen LogP contribution in [0.4, 0.5) is 0 Å². The number of amides is 1. The Hall–Kier alpha value is -2.04. The summed E-state index contributed by atoms with van der Waals surface area (Å²) >= 11 is 0. The highest BCUT2D eigenvalue weighted by molar-refractivity contribution is 5.82. The summed E-state index contributed by atoms with van der Waals surface area (Å²) in [5, 5.41) is 0. The second-order valence-corrected chi connectivity index (χ2v) is 3.56. The van der Waals surface area contributed by atoms with Gasteiger partial charge in [-0.3, -0.25) is 9.59 Å². The van der Waals surface area contributed by atoms with E-state index in [4.69, 9.17) is 15.2 Å². The summed E-state index contributed by atoms with van der Waals surface area (Å²) in [4.78, 5) is 22.1. The van der Waals surface area contributed by atoms with Gasteiger partial charge in [-0.2, -0.15) is 0 Å². The molecule has 0 bridgehead atoms. The topological polar surface area (TPSA) is 78.6 Å². The van der Waals surface area contributed by atoms with Crippen molar-refractivity contribution in [1.29, 1.82) is 0 Å². The van der Waals surface area contributed by atoms with E-state index in [1.54, 1.807) is 31.4 Å². The van der Waals surface area contributed by atoms with Crippen molar-refractivity contribution in [2.75, 3.05) is 7.11 Å². The molecule has 1 aromatic carbocycles. The van der Waals surface area contributed by atoms with Crippen LogP contribution in [0, 0.1) is 0 Å². The Labute approximate surface area is 99.5 Å². The molecule has 5 heteroatoms. The average Bonchev–Trinajstić information content (AvgIpc) is 2.29. The molecule has 0 radical (unpaired) electrons. The van der Waals surface area contributed by atoms with E-state index in [0.717, 1.165) is 5.56 Å². The molecule has 0 saturated carbocycles. The van der Waals surface area contributed by atoms with E-state index in [1.165, 1.54) is 6.92 Å². The van der Waals surface area contributed by atoms with Crippen LogP contribution < -0.4 is 10.5 Å². The molecule has 0 saturated heterocycles. The Morgan fingerprint density at radius 2 is 1.88 bits per heavy atom. The zero-order valence-corrected chi connectivity index (χ0v) is 9.80. The number of carbonyl (C=O) groups is 2. The maximum atomic E-state index is 11.4. The Balaban J connectivity index is 2.53. The molecule has 17 heavy (non-hydrogen) atoms. The van der Waals surface area contributed by atoms with Crippen LogP contribution in [0.15, 0.2) is 24.3 Å². The second kappa shape index (κ2) is 5.89. The minimum atomic E-state index is -0.902. The molecule has 92 valence electrons. The number of hydrogen-bond acceptors (Lipinski definition) is 4. The first kappa shape index (κ1) is 13.0. The monoisotopic (exact) mass is 237 g/mol. The predicted molar refractivity (Wildman–Crippen MR) is 61.4 cm³/mol. The van der Waals surface area contributed by atoms with Gasteiger partial charge < -0.3 is 15.2 Å². The van der Waals surface area contributed by atoms with Gasteiger partial charge in [-0.05, 0) is 24.6 Å². The van der Waals surface area contributed by atoms with Gasteiger partial charge in [0.2, 0.25) is 0 Å². The quantitative estimate of drug-likeness (QED) is 0.763. The first-order valence-corrected chi connectivity index (χ1v) is 5.14. The number of carbonyl (C=O) groups excluding carboxylic acids is 2. The van der Waals surface area contributed by atoms with Gasteiger partial charge in [0, 0.05) is 0 Å². The molecule has 0 fully saturated rings. The minimum absolute atomic E-state index is 0.0988. The number of esters is 1. The third kappa shape index (κ3) is 4.14. The largest absolute Gasteiger partial charge is 0.497 e. The molecule has 1 atom stereocenters. The Morgan fingerprint density at radius 1 is 1.29 bits per heavy atom. The normalized spacial score (nSPS) is 11.6. The molecule has 0 aliphatic heterocycles. The molecule has 1 amide bonds. The van der Waals surface area contributed by atoms with Gasteiger partial charge in [0.15, 0.2) is 6.10 Å². The second-order valence-electron chi connectivity index (χ2n) is 3.56. The Morgan fingerprint density at radius 3 is 2.35 bits per heavy atom. The van der Waals surface area contributed by atoms with Gasteiger partial charge in [0.05, 0.1) is 13.5 Å². The molecular weight excluding hydrogens is 222 g/mol. The summed E-state index contributed by atoms with van der Waals surface area (Å²) < 4.78 is 9.82. The Kier molecular flexibility index (Phi) is 4.51. The van der Waals surface area contributed by atoms with E-state index in [1.807, 2.05) is 0 Å². The van der Waals surface area contributed by atoms with Gasteiger partial charge >= 0.3 is 5.97 Å². The summed E-state index contributed by atoms with van der Waals surface area (Å²) in [6.07, 6.45) is -0.803. The molecule has 0 aliphatic carbocycles. The van der Waals surface area contributed by atoms with Crippen LogP contribution in [0.25, 0.3) is 0 Å². The molecule has 0 heterocycles. The lowest BCUT2D eigenvalue weighted by Crippen LogP contribution is -2.30. The van der Waals surface area contributed by atoms with E-state index in [2.05, 4.69) is 0 Å². The van der Waals surface area contributed by atoms with Crippen molar-refractivity contribution in [2.24, 2.45) is 5.73 Å². The van der Waals surface area contributed by atoms with Crippen molar-refractivity contribution < 1.29 is 19.1 Å². The lowest BCUT2D eigenvalue weighted by atomic mass is 10.1. The number of hydrogen-bond donors (Lipinski definition) is 1. The van der Waals surface area contributed by atoms with Crippen molar-refractivity contribution in [3.8, 4) is 5.75 Å². The lowest BCUT2D eigenvalue weighted by Gasteiger charge is -2.09. The SMILES string of the molecule is COc1ccc(CC(=O)O[C@@H](C)C(N)=O)cc1. The third-order valence-corrected chi connectivity index (χ3v) is 2.22. The van der Waals surface area contributed by atoms with Crippen molar-refractivity contribution in [2.45, 2.75) is 19.4 Å². The summed E-state index contributed by atoms with van der Waals surface area (Å²) in [6, 6.07) is 7.02. The number of benzene rings is 1. The van der Waals surface area contributed by atoms with Crippen molar-refractivity contribution in [3.05, 3.63) is 29.8 Å². The van der Waals surface area contributed by atoms with Crippen molar-refractivity contribution >= 4 is 11.9 Å². The average molecular weight is 237 g/mol. The highest BCUT2D eigenvalue weighted by Gasteiger charge is 2.14. The van der Waals surface area contributed by atoms with E-state index in [0.29, 0.717) is 5.75 Å². The maximum Gasteiger partial charge on any atom is 0.311 e. The molecule has 1 aromatic rings.